The summed E-state index contributed by atoms with van der Waals surface area (Å²) >= 11 is 6.27. The Kier molecular flexibility index (Phi) is 5.93. The van der Waals surface area contributed by atoms with Crippen molar-refractivity contribution < 1.29 is 9.53 Å². The van der Waals surface area contributed by atoms with Gasteiger partial charge in [-0.15, -0.1) is 0 Å². The van der Waals surface area contributed by atoms with Crippen LogP contribution in [0.25, 0.3) is 0 Å². The fourth-order valence-corrected chi connectivity index (χ4v) is 2.90. The van der Waals surface area contributed by atoms with Gasteiger partial charge in [-0.1, -0.05) is 29.8 Å². The molecule has 1 aliphatic rings. The first-order chi connectivity index (χ1) is 10.8. The number of carbonyl (C=O) groups is 1. The van der Waals surface area contributed by atoms with Gasteiger partial charge in [-0.3, -0.25) is 0 Å². The predicted octanol–water partition coefficient (Wildman–Crippen LogP) is 4.29. The predicted molar refractivity (Wildman–Crippen MR) is 93.8 cm³/mol. The van der Waals surface area contributed by atoms with Gasteiger partial charge in [-0.2, -0.15) is 0 Å². The molecule has 1 aromatic rings. The lowest BCUT2D eigenvalue weighted by atomic mass is 10.1. The Balaban J connectivity index is 1.89. The Morgan fingerprint density at radius 1 is 1.35 bits per heavy atom. The van der Waals surface area contributed by atoms with Crippen LogP contribution in [-0.2, 0) is 4.74 Å². The van der Waals surface area contributed by atoms with E-state index in [4.69, 9.17) is 16.3 Å². The Bertz CT molecular complexity index is 538. The van der Waals surface area contributed by atoms with E-state index in [0.29, 0.717) is 12.5 Å². The van der Waals surface area contributed by atoms with E-state index in [1.807, 2.05) is 45.0 Å². The highest BCUT2D eigenvalue weighted by Gasteiger charge is 2.32. The molecule has 1 amide bonds. The van der Waals surface area contributed by atoms with Crippen LogP contribution in [0.3, 0.4) is 0 Å². The zero-order valence-corrected chi connectivity index (χ0v) is 15.1. The third-order valence-corrected chi connectivity index (χ3v) is 4.24. The van der Waals surface area contributed by atoms with E-state index < -0.39 is 5.60 Å². The van der Waals surface area contributed by atoms with Gasteiger partial charge >= 0.3 is 6.09 Å². The minimum absolute atomic E-state index is 0.134. The second-order valence-corrected chi connectivity index (χ2v) is 7.64. The molecule has 1 fully saturated rings. The Hall–Kier alpha value is -1.26. The Morgan fingerprint density at radius 3 is 2.57 bits per heavy atom. The van der Waals surface area contributed by atoms with Crippen LogP contribution in [0.4, 0.5) is 4.79 Å². The number of amides is 1. The largest absolute Gasteiger partial charge is 0.444 e. The van der Waals surface area contributed by atoms with Crippen molar-refractivity contribution in [2.75, 3.05) is 6.54 Å². The van der Waals surface area contributed by atoms with Crippen molar-refractivity contribution >= 4 is 17.7 Å². The summed E-state index contributed by atoms with van der Waals surface area (Å²) in [4.78, 5) is 11.8. The number of nitrogens with one attached hydrogen (secondary N) is 2. The van der Waals surface area contributed by atoms with Gasteiger partial charge in [-0.05, 0) is 58.1 Å². The normalized spacial score (nSPS) is 17.4. The lowest BCUT2D eigenvalue weighted by Crippen LogP contribution is -2.44. The molecule has 1 aliphatic carbocycles. The van der Waals surface area contributed by atoms with E-state index in [1.54, 1.807) is 0 Å². The minimum atomic E-state index is -0.475. The van der Waals surface area contributed by atoms with E-state index in [1.165, 1.54) is 12.8 Å². The van der Waals surface area contributed by atoms with Crippen LogP contribution in [0.5, 0.6) is 0 Å². The molecule has 0 heterocycles. The average Bonchev–Trinajstić information content (AvgIpc) is 3.26. The van der Waals surface area contributed by atoms with E-state index >= 15 is 0 Å². The lowest BCUT2D eigenvalue weighted by molar-refractivity contribution is 0.0520. The number of halogens is 1. The maximum Gasteiger partial charge on any atom is 0.407 e. The average molecular weight is 339 g/mol. The zero-order valence-electron chi connectivity index (χ0n) is 14.4. The highest BCUT2D eigenvalue weighted by Crippen LogP contribution is 2.34. The Morgan fingerprint density at radius 2 is 2.00 bits per heavy atom. The van der Waals surface area contributed by atoms with Crippen molar-refractivity contribution in [3.63, 3.8) is 0 Å². The van der Waals surface area contributed by atoms with Crippen molar-refractivity contribution in [3.8, 4) is 0 Å². The second-order valence-electron chi connectivity index (χ2n) is 7.24. The van der Waals surface area contributed by atoms with Crippen LogP contribution in [0.2, 0.25) is 5.02 Å². The van der Waals surface area contributed by atoms with Crippen molar-refractivity contribution in [2.45, 2.75) is 58.2 Å². The van der Waals surface area contributed by atoms with Gasteiger partial charge in [0.2, 0.25) is 0 Å². The highest BCUT2D eigenvalue weighted by molar-refractivity contribution is 6.31. The number of benzene rings is 1. The molecule has 128 valence electrons. The molecular weight excluding hydrogens is 312 g/mol. The molecule has 0 aliphatic heterocycles. The van der Waals surface area contributed by atoms with Gasteiger partial charge < -0.3 is 15.4 Å². The summed E-state index contributed by atoms with van der Waals surface area (Å²) in [5.74, 6) is 0.606. The molecule has 5 heteroatoms. The first-order valence-corrected chi connectivity index (χ1v) is 8.61. The van der Waals surface area contributed by atoms with Crippen molar-refractivity contribution in [3.05, 3.63) is 34.9 Å². The molecule has 0 radical (unpaired) electrons. The third-order valence-electron chi connectivity index (χ3n) is 3.89. The van der Waals surface area contributed by atoms with Gasteiger partial charge in [0.15, 0.2) is 0 Å². The van der Waals surface area contributed by atoms with Gasteiger partial charge in [0, 0.05) is 23.7 Å². The van der Waals surface area contributed by atoms with Crippen molar-refractivity contribution in [1.29, 1.82) is 0 Å². The second kappa shape index (κ2) is 7.54. The molecule has 2 unspecified atom stereocenters. The van der Waals surface area contributed by atoms with Gasteiger partial charge in [0.1, 0.15) is 5.60 Å². The summed E-state index contributed by atoms with van der Waals surface area (Å²) in [5, 5.41) is 7.24. The molecule has 1 saturated carbocycles. The van der Waals surface area contributed by atoms with Gasteiger partial charge in [0.25, 0.3) is 0 Å². The van der Waals surface area contributed by atoms with Crippen LogP contribution in [0, 0.1) is 5.92 Å². The van der Waals surface area contributed by atoms with Gasteiger partial charge in [-0.25, -0.2) is 4.79 Å². The summed E-state index contributed by atoms with van der Waals surface area (Å²) < 4.78 is 5.30. The number of carbonyl (C=O) groups excluding carboxylic acids is 1. The molecule has 23 heavy (non-hydrogen) atoms. The van der Waals surface area contributed by atoms with E-state index in [-0.39, 0.29) is 18.2 Å². The summed E-state index contributed by atoms with van der Waals surface area (Å²) in [7, 11) is 0. The topological polar surface area (TPSA) is 50.4 Å². The molecule has 2 atom stereocenters. The molecular formula is C18H27ClN2O2. The maximum atomic E-state index is 11.8. The monoisotopic (exact) mass is 338 g/mol. The quantitative estimate of drug-likeness (QED) is 0.813. The third kappa shape index (κ3) is 6.04. The first kappa shape index (κ1) is 18.1. The van der Waals surface area contributed by atoms with Crippen molar-refractivity contribution in [2.24, 2.45) is 5.92 Å². The molecule has 0 spiro atoms. The van der Waals surface area contributed by atoms with E-state index in [9.17, 15) is 4.79 Å². The molecule has 1 aromatic carbocycles. The van der Waals surface area contributed by atoms with E-state index in [2.05, 4.69) is 17.6 Å². The summed E-state index contributed by atoms with van der Waals surface area (Å²) in [5.41, 5.74) is 0.606. The summed E-state index contributed by atoms with van der Waals surface area (Å²) in [6.45, 7) is 8.26. The molecule has 0 aromatic heterocycles. The van der Waals surface area contributed by atoms with Crippen LogP contribution in [-0.4, -0.2) is 24.3 Å². The first-order valence-electron chi connectivity index (χ1n) is 8.23. The standard InChI is InChI=1S/C18H27ClN2O2/c1-12(14-7-5-6-8-15(14)19)21-16(13-9-10-13)11-20-17(22)23-18(2,3)4/h5-8,12-13,16,21H,9-11H2,1-4H3,(H,20,22). The van der Waals surface area contributed by atoms with E-state index in [0.717, 1.165) is 10.6 Å². The number of hydrogen-bond donors (Lipinski definition) is 2. The fraction of sp³-hybridized carbons (Fsp3) is 0.611. The summed E-state index contributed by atoms with van der Waals surface area (Å²) in [6.07, 6.45) is 2.03. The number of alkyl carbamates (subject to hydrolysis) is 1. The number of hydrogen-bond acceptors (Lipinski definition) is 3. The summed E-state index contributed by atoms with van der Waals surface area (Å²) in [6, 6.07) is 8.22. The molecule has 2 N–H and O–H groups in total. The molecule has 0 bridgehead atoms. The molecule has 0 saturated heterocycles. The number of ether oxygens (including phenoxy) is 1. The fourth-order valence-electron chi connectivity index (χ4n) is 2.60. The Labute approximate surface area is 143 Å². The lowest BCUT2D eigenvalue weighted by Gasteiger charge is -2.25. The van der Waals surface area contributed by atoms with Crippen LogP contribution in [0.15, 0.2) is 24.3 Å². The zero-order chi connectivity index (χ0) is 17.0. The van der Waals surface area contributed by atoms with Crippen LogP contribution in [0.1, 0.15) is 52.1 Å². The SMILES string of the molecule is CC(NC(CNC(=O)OC(C)(C)C)C1CC1)c1ccccc1Cl. The molecule has 2 rings (SSSR count). The number of rotatable bonds is 6. The highest BCUT2D eigenvalue weighted by atomic mass is 35.5. The van der Waals surface area contributed by atoms with Crippen LogP contribution >= 0.6 is 11.6 Å². The minimum Gasteiger partial charge on any atom is -0.444 e. The van der Waals surface area contributed by atoms with Crippen LogP contribution < -0.4 is 10.6 Å². The smallest absolute Gasteiger partial charge is 0.407 e. The molecule has 4 nitrogen and oxygen atoms in total. The van der Waals surface area contributed by atoms with Gasteiger partial charge in [0.05, 0.1) is 0 Å². The maximum absolute atomic E-state index is 11.8. The van der Waals surface area contributed by atoms with Crippen molar-refractivity contribution in [1.82, 2.24) is 10.6 Å².